The fourth-order valence-electron chi connectivity index (χ4n) is 5.48. The maximum atomic E-state index is 14.0. The van der Waals surface area contributed by atoms with Crippen LogP contribution in [0.25, 0.3) is 28.1 Å². The van der Waals surface area contributed by atoms with Gasteiger partial charge >= 0.3 is 6.18 Å². The predicted octanol–water partition coefficient (Wildman–Crippen LogP) is 5.58. The van der Waals surface area contributed by atoms with Crippen molar-refractivity contribution in [2.45, 2.75) is 63.5 Å². The van der Waals surface area contributed by atoms with Crippen LogP contribution in [-0.2, 0) is 10.9 Å². The molecule has 3 aromatic heterocycles. The van der Waals surface area contributed by atoms with Crippen LogP contribution in [0.2, 0.25) is 0 Å². The van der Waals surface area contributed by atoms with Gasteiger partial charge in [0, 0.05) is 31.8 Å². The lowest BCUT2D eigenvalue weighted by Crippen LogP contribution is -2.30. The Morgan fingerprint density at radius 3 is 2.46 bits per heavy atom. The van der Waals surface area contributed by atoms with E-state index < -0.39 is 17.9 Å². The number of halogens is 4. The lowest BCUT2D eigenvalue weighted by atomic mass is 9.93. The highest BCUT2D eigenvalue weighted by molar-refractivity contribution is 5.79. The van der Waals surface area contributed by atoms with Crippen molar-refractivity contribution in [3.63, 3.8) is 0 Å². The van der Waals surface area contributed by atoms with Crippen molar-refractivity contribution in [3.8, 4) is 11.4 Å². The van der Waals surface area contributed by atoms with Crippen molar-refractivity contribution in [3.05, 3.63) is 41.6 Å². The Hall–Kier alpha value is -3.54. The first kappa shape index (κ1) is 25.7. The molecule has 0 unspecified atom stereocenters. The molecule has 1 saturated heterocycles. The van der Waals surface area contributed by atoms with Gasteiger partial charge in [0.2, 0.25) is 0 Å². The van der Waals surface area contributed by atoms with E-state index in [-0.39, 0.29) is 24.2 Å². The molecule has 0 amide bonds. The Morgan fingerprint density at radius 2 is 1.77 bits per heavy atom. The van der Waals surface area contributed by atoms with Gasteiger partial charge in [-0.05, 0) is 57.2 Å². The van der Waals surface area contributed by atoms with Crippen LogP contribution in [-0.4, -0.2) is 63.1 Å². The number of ether oxygens (including phenoxy) is 1. The lowest BCUT2D eigenvalue weighted by molar-refractivity contribution is -0.137. The summed E-state index contributed by atoms with van der Waals surface area (Å²) in [6.07, 6.45) is -0.930. The fourth-order valence-corrected chi connectivity index (χ4v) is 5.48. The van der Waals surface area contributed by atoms with Gasteiger partial charge in [-0.2, -0.15) is 22.8 Å². The first-order valence-corrected chi connectivity index (χ1v) is 13.1. The van der Waals surface area contributed by atoms with Crippen LogP contribution in [0.3, 0.4) is 0 Å². The number of anilines is 2. The average Bonchev–Trinajstić information content (AvgIpc) is 3.54. The minimum Gasteiger partial charge on any atom is -0.381 e. The molecule has 0 bridgehead atoms. The van der Waals surface area contributed by atoms with Crippen LogP contribution >= 0.6 is 0 Å². The molecule has 4 aromatic rings. The minimum atomic E-state index is -4.48. The Balaban J connectivity index is 1.41. The molecule has 1 N–H and O–H groups in total. The van der Waals surface area contributed by atoms with E-state index in [1.54, 1.807) is 24.6 Å². The molecule has 1 aliphatic carbocycles. The number of methoxy groups -OCH3 is 1. The van der Waals surface area contributed by atoms with Gasteiger partial charge in [-0.25, -0.2) is 19.3 Å². The number of alkyl halides is 4. The number of fused-ring (bicyclic) bond motifs is 2. The number of nitrogens with one attached hydrogen (secondary N) is 1. The molecular formula is C27H29F4N7O. The summed E-state index contributed by atoms with van der Waals surface area (Å²) in [6, 6.07) is 7.17. The summed E-state index contributed by atoms with van der Waals surface area (Å²) in [5, 5.41) is 8.35. The highest BCUT2D eigenvalue weighted by Gasteiger charge is 2.31. The van der Waals surface area contributed by atoms with Crippen molar-refractivity contribution < 1.29 is 22.3 Å². The molecule has 0 spiro atoms. The highest BCUT2D eigenvalue weighted by Crippen LogP contribution is 2.33. The molecule has 2 aliphatic rings. The van der Waals surface area contributed by atoms with Gasteiger partial charge in [0.05, 0.1) is 34.9 Å². The molecule has 8 nitrogen and oxygen atoms in total. The second-order valence-electron chi connectivity index (χ2n) is 10.3. The third-order valence-corrected chi connectivity index (χ3v) is 7.64. The first-order valence-electron chi connectivity index (χ1n) is 13.1. The molecule has 2 fully saturated rings. The molecule has 1 atom stereocenters. The molecule has 1 aliphatic heterocycles. The topological polar surface area (TPSA) is 80.5 Å². The average molecular weight is 544 g/mol. The molecule has 12 heteroatoms. The number of aryl methyl sites for hydroxylation is 1. The van der Waals surface area contributed by atoms with Crippen molar-refractivity contribution in [2.24, 2.45) is 0 Å². The van der Waals surface area contributed by atoms with Crippen molar-refractivity contribution in [2.75, 3.05) is 30.4 Å². The van der Waals surface area contributed by atoms with Crippen LogP contribution < -0.4 is 10.2 Å². The Morgan fingerprint density at radius 1 is 0.974 bits per heavy atom. The van der Waals surface area contributed by atoms with Crippen LogP contribution in [0.4, 0.5) is 29.2 Å². The van der Waals surface area contributed by atoms with Crippen LogP contribution in [0.15, 0.2) is 30.3 Å². The number of nitrogens with zero attached hydrogens (tertiary/aromatic N) is 6. The summed E-state index contributed by atoms with van der Waals surface area (Å²) in [7, 11) is 1.73. The van der Waals surface area contributed by atoms with Crippen LogP contribution in [0.5, 0.6) is 0 Å². The quantitative estimate of drug-likeness (QED) is 0.329. The summed E-state index contributed by atoms with van der Waals surface area (Å²) < 4.78 is 61.1. The van der Waals surface area contributed by atoms with Crippen LogP contribution in [0, 0.1) is 6.92 Å². The van der Waals surface area contributed by atoms with Gasteiger partial charge < -0.3 is 15.0 Å². The van der Waals surface area contributed by atoms with E-state index >= 15 is 0 Å². The number of rotatable bonds is 5. The van der Waals surface area contributed by atoms with E-state index in [9.17, 15) is 17.6 Å². The molecular weight excluding hydrogens is 514 g/mol. The van der Waals surface area contributed by atoms with Gasteiger partial charge in [-0.1, -0.05) is 0 Å². The highest BCUT2D eigenvalue weighted by atomic mass is 19.4. The van der Waals surface area contributed by atoms with Gasteiger partial charge in [0.1, 0.15) is 29.2 Å². The van der Waals surface area contributed by atoms with Crippen molar-refractivity contribution >= 4 is 28.3 Å². The second-order valence-corrected chi connectivity index (χ2v) is 10.3. The number of hydrogen-bond donors (Lipinski definition) is 1. The van der Waals surface area contributed by atoms with Crippen LogP contribution in [0.1, 0.15) is 43.4 Å². The summed E-state index contributed by atoms with van der Waals surface area (Å²) in [5.41, 5.74) is 1.62. The Bertz CT molecular complexity index is 1510. The minimum absolute atomic E-state index is 0.135. The van der Waals surface area contributed by atoms with E-state index in [0.717, 1.165) is 43.6 Å². The molecule has 39 heavy (non-hydrogen) atoms. The molecule has 1 saturated carbocycles. The zero-order valence-electron chi connectivity index (χ0n) is 21.7. The van der Waals surface area contributed by atoms with Crippen molar-refractivity contribution in [1.29, 1.82) is 0 Å². The zero-order chi connectivity index (χ0) is 27.3. The lowest BCUT2D eigenvalue weighted by Gasteiger charge is -2.29. The predicted molar refractivity (Wildman–Crippen MR) is 140 cm³/mol. The third-order valence-electron chi connectivity index (χ3n) is 7.64. The third kappa shape index (κ3) is 5.09. The number of hydrogen-bond acceptors (Lipinski definition) is 7. The Labute approximate surface area is 222 Å². The maximum absolute atomic E-state index is 14.0. The van der Waals surface area contributed by atoms with E-state index in [2.05, 4.69) is 15.3 Å². The monoisotopic (exact) mass is 543 g/mol. The molecule has 0 radical (unpaired) electrons. The number of aromatic nitrogens is 5. The maximum Gasteiger partial charge on any atom is 0.416 e. The van der Waals surface area contributed by atoms with E-state index in [1.807, 2.05) is 11.0 Å². The van der Waals surface area contributed by atoms with Gasteiger partial charge in [0.25, 0.3) is 0 Å². The SMILES string of the molecule is CO[C@H]1CC[C@H](Nc2cc(N3CC[C@@H](F)C3)nc3cc(-c4nc5cc(C(F)(F)F)ccc5nc4C)nn23)CC1. The van der Waals surface area contributed by atoms with Gasteiger partial charge in [0.15, 0.2) is 5.65 Å². The molecule has 206 valence electrons. The summed E-state index contributed by atoms with van der Waals surface area (Å²) >= 11 is 0. The molecule has 4 heterocycles. The molecule has 6 rings (SSSR count). The first-order chi connectivity index (χ1) is 18.7. The Kier molecular flexibility index (Phi) is 6.52. The van der Waals surface area contributed by atoms with E-state index in [1.165, 1.54) is 6.07 Å². The largest absolute Gasteiger partial charge is 0.416 e. The summed E-state index contributed by atoms with van der Waals surface area (Å²) in [6.45, 7) is 2.60. The second kappa shape index (κ2) is 9.89. The fraction of sp³-hybridized carbons (Fsp3) is 0.481. The zero-order valence-corrected chi connectivity index (χ0v) is 21.7. The summed E-state index contributed by atoms with van der Waals surface area (Å²) in [4.78, 5) is 15.7. The van der Waals surface area contributed by atoms with Gasteiger partial charge in [-0.15, -0.1) is 0 Å². The normalized spacial score (nSPS) is 22.2. The van der Waals surface area contributed by atoms with E-state index in [0.29, 0.717) is 47.0 Å². The standard InChI is InChI=1S/C27H29F4N7O/c1-15-26(34-21-11-16(27(29,30)31)3-8-20(21)32-15)22-12-24-35-23(37-10-9-17(28)14-37)13-25(38(24)36-22)33-18-4-6-19(39-2)7-5-18/h3,8,11-13,17-19,33H,4-7,9-10,14H2,1-2H3/t17-,18-,19-/m1/s1. The smallest absolute Gasteiger partial charge is 0.381 e. The van der Waals surface area contributed by atoms with Crippen molar-refractivity contribution in [1.82, 2.24) is 24.6 Å². The van der Waals surface area contributed by atoms with E-state index in [4.69, 9.17) is 14.8 Å². The summed E-state index contributed by atoms with van der Waals surface area (Å²) in [5.74, 6) is 1.37. The molecule has 1 aromatic carbocycles. The number of benzene rings is 1. The van der Waals surface area contributed by atoms with Gasteiger partial charge in [-0.3, -0.25) is 0 Å².